The first-order valence-electron chi connectivity index (χ1n) is 17.9. The first kappa shape index (κ1) is 51.0. The highest BCUT2D eigenvalue weighted by molar-refractivity contribution is 7.58. The molecule has 0 fully saturated rings. The Kier molecular flexibility index (Phi) is 32.0. The number of carbonyl (C=O) groups is 3. The number of nitrogens with two attached hydrogens (primary N) is 1. The SMILES string of the molecule is COC(=O)COCCOCP(=O)(COCCOCC(=O)N(CCOCCOCCN)CCOCCOCCOCCNC(=O)OCc1ccc(OC)cc1)OF. The molecule has 1 aromatic carbocycles. The van der Waals surface area contributed by atoms with Gasteiger partial charge in [0.2, 0.25) is 5.91 Å². The first-order chi connectivity index (χ1) is 27.3. The van der Waals surface area contributed by atoms with Crippen molar-refractivity contribution in [3.8, 4) is 5.75 Å². The Morgan fingerprint density at radius 2 is 1.18 bits per heavy atom. The molecule has 0 bridgehead atoms. The molecule has 0 spiro atoms. The summed E-state index contributed by atoms with van der Waals surface area (Å²) in [6, 6.07) is 7.20. The van der Waals surface area contributed by atoms with E-state index in [0.717, 1.165) is 11.3 Å². The topological polar surface area (TPSA) is 230 Å². The quantitative estimate of drug-likeness (QED) is 0.0540. The number of amides is 2. The lowest BCUT2D eigenvalue weighted by Crippen LogP contribution is -2.39. The fraction of sp³-hybridized carbons (Fsp3) is 0.735. The molecule has 0 heterocycles. The molecule has 20 nitrogen and oxygen atoms in total. The third-order valence-corrected chi connectivity index (χ3v) is 8.31. The van der Waals surface area contributed by atoms with E-state index >= 15 is 0 Å². The van der Waals surface area contributed by atoms with Crippen LogP contribution in [0.4, 0.5) is 9.32 Å². The predicted molar refractivity (Wildman–Crippen MR) is 196 cm³/mol. The summed E-state index contributed by atoms with van der Waals surface area (Å²) >= 11 is 0. The van der Waals surface area contributed by atoms with E-state index in [-0.39, 0.29) is 98.2 Å². The molecule has 0 aliphatic rings. The Hall–Kier alpha value is -3.05. The van der Waals surface area contributed by atoms with Gasteiger partial charge in [0.05, 0.1) is 107 Å². The lowest BCUT2D eigenvalue weighted by Gasteiger charge is -2.23. The van der Waals surface area contributed by atoms with Crippen LogP contribution in [-0.2, 0) is 77.6 Å². The van der Waals surface area contributed by atoms with Gasteiger partial charge in [-0.2, -0.15) is 0 Å². The predicted octanol–water partition coefficient (Wildman–Crippen LogP) is 1.13. The molecule has 0 aliphatic carbocycles. The Bertz CT molecular complexity index is 1190. The van der Waals surface area contributed by atoms with Gasteiger partial charge in [0, 0.05) is 26.2 Å². The van der Waals surface area contributed by atoms with Gasteiger partial charge in [0.1, 0.15) is 38.3 Å². The van der Waals surface area contributed by atoms with Gasteiger partial charge in [-0.1, -0.05) is 12.1 Å². The standard InChI is InChI=1S/C34H59FN3O17P/c1-43-31-5-3-30(4-6-31)25-54-34(41)37-8-12-46-16-19-49-20-18-48-14-10-38(9-13-47-17-15-45-11-7-36)32(39)26-50-21-23-52-28-56(42,55-35)29-53-24-22-51-27-33(40)44-2/h3-6H,7-29,36H2,1-2H3,(H,37,41). The molecular weight excluding hydrogens is 772 g/mol. The van der Waals surface area contributed by atoms with Crippen molar-refractivity contribution >= 4 is 25.3 Å². The highest BCUT2D eigenvalue weighted by Crippen LogP contribution is 2.47. The smallest absolute Gasteiger partial charge is 0.407 e. The number of nitrogens with one attached hydrogen (secondary N) is 1. The molecule has 1 unspecified atom stereocenters. The van der Waals surface area contributed by atoms with Crippen LogP contribution >= 0.6 is 7.37 Å². The summed E-state index contributed by atoms with van der Waals surface area (Å²) in [5.74, 6) is -0.178. The lowest BCUT2D eigenvalue weighted by atomic mass is 10.2. The molecule has 324 valence electrons. The third-order valence-electron chi connectivity index (χ3n) is 6.91. The van der Waals surface area contributed by atoms with Crippen LogP contribution in [0.3, 0.4) is 0 Å². The van der Waals surface area contributed by atoms with Gasteiger partial charge < -0.3 is 72.8 Å². The second-order valence-electron chi connectivity index (χ2n) is 11.2. The monoisotopic (exact) mass is 831 g/mol. The summed E-state index contributed by atoms with van der Waals surface area (Å²) in [5, 5.41) is 2.61. The van der Waals surface area contributed by atoms with E-state index in [2.05, 4.69) is 14.8 Å². The zero-order valence-electron chi connectivity index (χ0n) is 32.4. The number of halogens is 1. The van der Waals surface area contributed by atoms with Crippen LogP contribution < -0.4 is 15.8 Å². The zero-order chi connectivity index (χ0) is 41.0. The number of hydrogen-bond acceptors (Lipinski definition) is 18. The number of rotatable bonds is 38. The zero-order valence-corrected chi connectivity index (χ0v) is 33.3. The van der Waals surface area contributed by atoms with Crippen molar-refractivity contribution in [3.63, 3.8) is 0 Å². The first-order valence-corrected chi connectivity index (χ1v) is 19.9. The molecular formula is C34H59FN3O17P. The summed E-state index contributed by atoms with van der Waals surface area (Å²) in [6.07, 6.45) is -1.70. The van der Waals surface area contributed by atoms with E-state index in [1.165, 1.54) is 12.0 Å². The molecule has 0 radical (unpaired) electrons. The normalized spacial score (nSPS) is 12.2. The summed E-state index contributed by atoms with van der Waals surface area (Å²) < 4.78 is 91.6. The minimum atomic E-state index is -3.89. The molecule has 1 rings (SSSR count). The van der Waals surface area contributed by atoms with Gasteiger partial charge in [-0.25, -0.2) is 9.59 Å². The molecule has 0 saturated heterocycles. The molecule has 2 amide bonds. The Labute approximate surface area is 327 Å². The second kappa shape index (κ2) is 35.1. The number of esters is 1. The number of ether oxygens (including phenoxy) is 12. The molecule has 0 aliphatic heterocycles. The van der Waals surface area contributed by atoms with Crippen molar-refractivity contribution in [3.05, 3.63) is 29.8 Å². The fourth-order valence-electron chi connectivity index (χ4n) is 3.99. The van der Waals surface area contributed by atoms with Crippen LogP contribution in [-0.4, -0.2) is 182 Å². The Balaban J connectivity index is 2.21. The largest absolute Gasteiger partial charge is 0.497 e. The highest BCUT2D eigenvalue weighted by Gasteiger charge is 2.25. The Morgan fingerprint density at radius 3 is 1.71 bits per heavy atom. The third kappa shape index (κ3) is 28.4. The van der Waals surface area contributed by atoms with Crippen molar-refractivity contribution in [2.45, 2.75) is 6.61 Å². The molecule has 3 N–H and O–H groups in total. The van der Waals surface area contributed by atoms with Gasteiger partial charge in [-0.15, -0.1) is 4.73 Å². The van der Waals surface area contributed by atoms with E-state index in [0.29, 0.717) is 46.2 Å². The van der Waals surface area contributed by atoms with E-state index < -0.39 is 32.1 Å². The second-order valence-corrected chi connectivity index (χ2v) is 13.5. The number of alkyl carbamates (subject to hydrolysis) is 1. The van der Waals surface area contributed by atoms with Crippen molar-refractivity contribution in [1.29, 1.82) is 0 Å². The number of nitrogens with zero attached hydrogens (tertiary/aromatic N) is 1. The van der Waals surface area contributed by atoms with Gasteiger partial charge in [-0.05, 0) is 22.2 Å². The lowest BCUT2D eigenvalue weighted by molar-refractivity contribution is -0.146. The minimum absolute atomic E-state index is 0.0101. The van der Waals surface area contributed by atoms with Crippen molar-refractivity contribution in [1.82, 2.24) is 10.2 Å². The van der Waals surface area contributed by atoms with Crippen LogP contribution in [0.15, 0.2) is 24.3 Å². The maximum absolute atomic E-state index is 12.9. The molecule has 1 aromatic rings. The highest BCUT2D eigenvalue weighted by atomic mass is 31.2. The van der Waals surface area contributed by atoms with Crippen LogP contribution in [0.5, 0.6) is 5.75 Å². The van der Waals surface area contributed by atoms with Gasteiger partial charge in [0.25, 0.3) is 7.37 Å². The number of benzene rings is 1. The van der Waals surface area contributed by atoms with Gasteiger partial charge in [0.15, 0.2) is 0 Å². The molecule has 0 aromatic heterocycles. The van der Waals surface area contributed by atoms with Crippen LogP contribution in [0.2, 0.25) is 0 Å². The van der Waals surface area contributed by atoms with E-state index in [1.807, 2.05) is 12.1 Å². The maximum Gasteiger partial charge on any atom is 0.407 e. The summed E-state index contributed by atoms with van der Waals surface area (Å²) in [6.45, 7) is 3.71. The average Bonchev–Trinajstić information content (AvgIpc) is 3.21. The summed E-state index contributed by atoms with van der Waals surface area (Å²) in [7, 11) is -1.10. The molecule has 1 atom stereocenters. The van der Waals surface area contributed by atoms with Gasteiger partial charge in [-0.3, -0.25) is 9.36 Å². The molecule has 22 heteroatoms. The van der Waals surface area contributed by atoms with Gasteiger partial charge >= 0.3 is 12.1 Å². The van der Waals surface area contributed by atoms with E-state index in [1.54, 1.807) is 19.2 Å². The van der Waals surface area contributed by atoms with E-state index in [9.17, 15) is 23.5 Å². The fourth-order valence-corrected chi connectivity index (χ4v) is 4.96. The van der Waals surface area contributed by atoms with Crippen molar-refractivity contribution in [2.75, 3.05) is 159 Å². The minimum Gasteiger partial charge on any atom is -0.497 e. The molecule has 56 heavy (non-hydrogen) atoms. The average molecular weight is 832 g/mol. The number of carbonyl (C=O) groups excluding carboxylic acids is 3. The van der Waals surface area contributed by atoms with E-state index in [4.69, 9.17) is 57.8 Å². The number of hydrogen-bond donors (Lipinski definition) is 2. The van der Waals surface area contributed by atoms with Crippen LogP contribution in [0, 0.1) is 0 Å². The van der Waals surface area contributed by atoms with Crippen LogP contribution in [0.1, 0.15) is 5.56 Å². The summed E-state index contributed by atoms with van der Waals surface area (Å²) in [5.41, 5.74) is 6.24. The van der Waals surface area contributed by atoms with Crippen molar-refractivity contribution in [2.24, 2.45) is 5.73 Å². The van der Waals surface area contributed by atoms with Crippen LogP contribution in [0.25, 0.3) is 0 Å². The Morgan fingerprint density at radius 1 is 0.679 bits per heavy atom. The molecule has 0 saturated carbocycles. The maximum atomic E-state index is 12.9. The van der Waals surface area contributed by atoms with Crippen molar-refractivity contribution < 1.29 is 85.0 Å². The summed E-state index contributed by atoms with van der Waals surface area (Å²) in [4.78, 5) is 37.2. The number of methoxy groups -OCH3 is 2.